The van der Waals surface area contributed by atoms with Gasteiger partial charge in [0.2, 0.25) is 5.91 Å². The summed E-state index contributed by atoms with van der Waals surface area (Å²) >= 11 is 3.29. The van der Waals surface area contributed by atoms with Gasteiger partial charge < -0.3 is 4.90 Å². The van der Waals surface area contributed by atoms with Gasteiger partial charge in [0.25, 0.3) is 0 Å². The molecule has 1 unspecified atom stereocenters. The average Bonchev–Trinajstić information content (AvgIpc) is 3.22. The molecule has 2 aromatic heterocycles. The predicted molar refractivity (Wildman–Crippen MR) is 121 cm³/mol. The Kier molecular flexibility index (Phi) is 5.21. The first-order valence-electron chi connectivity index (χ1n) is 9.88. The maximum absolute atomic E-state index is 12.8. The van der Waals surface area contributed by atoms with E-state index in [1.165, 1.54) is 16.5 Å². The first-order valence-corrected chi connectivity index (χ1v) is 11.7. The topological polar surface area (TPSA) is 46.1 Å². The molecule has 1 fully saturated rings. The van der Waals surface area contributed by atoms with E-state index in [1.54, 1.807) is 11.3 Å². The van der Waals surface area contributed by atoms with Gasteiger partial charge in [0.1, 0.15) is 0 Å². The smallest absolute Gasteiger partial charge is 0.233 e. The van der Waals surface area contributed by atoms with Crippen molar-refractivity contribution in [2.24, 2.45) is 0 Å². The van der Waals surface area contributed by atoms with E-state index < -0.39 is 0 Å². The van der Waals surface area contributed by atoms with E-state index in [0.717, 1.165) is 52.4 Å². The van der Waals surface area contributed by atoms with Gasteiger partial charge in [-0.2, -0.15) is 0 Å². The first-order chi connectivity index (χ1) is 14.3. The number of thiazole rings is 1. The maximum atomic E-state index is 12.8. The monoisotopic (exact) mass is 419 g/mol. The van der Waals surface area contributed by atoms with Crippen molar-refractivity contribution in [2.45, 2.75) is 23.8 Å². The van der Waals surface area contributed by atoms with Crippen molar-refractivity contribution < 1.29 is 4.79 Å². The van der Waals surface area contributed by atoms with Crippen LogP contribution < -0.4 is 0 Å². The zero-order chi connectivity index (χ0) is 19.6. The standard InChI is InChI=1S/C23H21N3OS2/c27-22(15-28-21-12-11-16-6-1-2-8-18(16)24-21)26-13-5-7-17(14-26)23-25-19-9-3-4-10-20(19)29-23/h1-4,6,8-12,17H,5,7,13-15H2. The number of fused-ring (bicyclic) bond motifs is 2. The van der Waals surface area contributed by atoms with Gasteiger partial charge in [-0.3, -0.25) is 4.79 Å². The van der Waals surface area contributed by atoms with Crippen LogP contribution in [0.4, 0.5) is 0 Å². The SMILES string of the molecule is O=C(CSc1ccc2ccccc2n1)N1CCCC(c2nc3ccccc3s2)C1. The second kappa shape index (κ2) is 8.13. The number of benzene rings is 2. The van der Waals surface area contributed by atoms with Crippen LogP contribution in [0.25, 0.3) is 21.1 Å². The third-order valence-corrected chi connectivity index (χ3v) is 7.46. The molecule has 1 saturated heterocycles. The lowest BCUT2D eigenvalue weighted by Crippen LogP contribution is -2.40. The summed E-state index contributed by atoms with van der Waals surface area (Å²) in [5.74, 6) is 0.961. The van der Waals surface area contributed by atoms with Crippen LogP contribution in [0.1, 0.15) is 23.8 Å². The first kappa shape index (κ1) is 18.6. The highest BCUT2D eigenvalue weighted by atomic mass is 32.2. The second-order valence-electron chi connectivity index (χ2n) is 7.33. The molecule has 4 aromatic rings. The molecule has 4 nitrogen and oxygen atoms in total. The number of nitrogens with zero attached hydrogens (tertiary/aromatic N) is 3. The summed E-state index contributed by atoms with van der Waals surface area (Å²) < 4.78 is 1.23. The number of rotatable bonds is 4. The summed E-state index contributed by atoms with van der Waals surface area (Å²) in [5.41, 5.74) is 2.03. The van der Waals surface area contributed by atoms with E-state index in [4.69, 9.17) is 4.98 Å². The van der Waals surface area contributed by atoms with Crippen molar-refractivity contribution in [1.82, 2.24) is 14.9 Å². The normalized spacial score (nSPS) is 17.1. The molecule has 1 aliphatic rings. The van der Waals surface area contributed by atoms with Gasteiger partial charge in [0.05, 0.1) is 31.5 Å². The van der Waals surface area contributed by atoms with E-state index in [9.17, 15) is 4.79 Å². The highest BCUT2D eigenvalue weighted by molar-refractivity contribution is 7.99. The number of hydrogen-bond donors (Lipinski definition) is 0. The number of para-hydroxylation sites is 2. The fourth-order valence-corrected chi connectivity index (χ4v) is 5.70. The summed E-state index contributed by atoms with van der Waals surface area (Å²) in [6, 6.07) is 20.4. The quantitative estimate of drug-likeness (QED) is 0.419. The van der Waals surface area contributed by atoms with Gasteiger partial charge in [-0.1, -0.05) is 48.2 Å². The Morgan fingerprint density at radius 1 is 1.03 bits per heavy atom. The highest BCUT2D eigenvalue weighted by Gasteiger charge is 2.27. The molecular weight excluding hydrogens is 398 g/mol. The average molecular weight is 420 g/mol. The van der Waals surface area contributed by atoms with Gasteiger partial charge in [-0.25, -0.2) is 9.97 Å². The molecule has 146 valence electrons. The Hall–Kier alpha value is -2.44. The van der Waals surface area contributed by atoms with E-state index in [-0.39, 0.29) is 5.91 Å². The molecule has 0 spiro atoms. The number of piperidine rings is 1. The number of carbonyl (C=O) groups is 1. The summed E-state index contributed by atoms with van der Waals surface area (Å²) in [6.45, 7) is 1.61. The largest absolute Gasteiger partial charge is 0.341 e. The van der Waals surface area contributed by atoms with Gasteiger partial charge in [0.15, 0.2) is 0 Å². The fraction of sp³-hybridized carbons (Fsp3) is 0.261. The number of amides is 1. The van der Waals surface area contributed by atoms with Crippen molar-refractivity contribution in [2.75, 3.05) is 18.8 Å². The maximum Gasteiger partial charge on any atom is 0.233 e. The summed E-state index contributed by atoms with van der Waals surface area (Å²) in [4.78, 5) is 24.3. The third kappa shape index (κ3) is 4.00. The molecule has 6 heteroatoms. The van der Waals surface area contributed by atoms with Crippen LogP contribution in [0, 0.1) is 0 Å². The highest BCUT2D eigenvalue weighted by Crippen LogP contribution is 2.33. The Morgan fingerprint density at radius 3 is 2.76 bits per heavy atom. The van der Waals surface area contributed by atoms with Crippen LogP contribution in [0.15, 0.2) is 65.7 Å². The minimum absolute atomic E-state index is 0.191. The Morgan fingerprint density at radius 2 is 1.86 bits per heavy atom. The number of carbonyl (C=O) groups excluding carboxylic acids is 1. The van der Waals surface area contributed by atoms with Crippen LogP contribution in [-0.4, -0.2) is 39.6 Å². The minimum Gasteiger partial charge on any atom is -0.341 e. The molecular formula is C23H21N3OS2. The molecule has 0 bridgehead atoms. The minimum atomic E-state index is 0.191. The van der Waals surface area contributed by atoms with E-state index in [2.05, 4.69) is 35.3 Å². The van der Waals surface area contributed by atoms with E-state index >= 15 is 0 Å². The Balaban J connectivity index is 1.24. The zero-order valence-electron chi connectivity index (χ0n) is 16.0. The van der Waals surface area contributed by atoms with Crippen LogP contribution in [-0.2, 0) is 4.79 Å². The van der Waals surface area contributed by atoms with E-state index in [0.29, 0.717) is 11.7 Å². The molecule has 5 rings (SSSR count). The fourth-order valence-electron chi connectivity index (χ4n) is 3.82. The lowest BCUT2D eigenvalue weighted by molar-refractivity contribution is -0.129. The van der Waals surface area contributed by atoms with Crippen molar-refractivity contribution in [3.8, 4) is 0 Å². The number of pyridine rings is 1. The predicted octanol–water partition coefficient (Wildman–Crippen LogP) is 5.34. The lowest BCUT2D eigenvalue weighted by atomic mass is 9.99. The Labute approximate surface area is 178 Å². The number of thioether (sulfide) groups is 1. The van der Waals surface area contributed by atoms with Gasteiger partial charge in [-0.15, -0.1) is 11.3 Å². The van der Waals surface area contributed by atoms with Gasteiger partial charge in [0, 0.05) is 24.4 Å². The lowest BCUT2D eigenvalue weighted by Gasteiger charge is -2.31. The molecule has 0 saturated carbocycles. The van der Waals surface area contributed by atoms with Crippen molar-refractivity contribution in [3.63, 3.8) is 0 Å². The van der Waals surface area contributed by atoms with Gasteiger partial charge >= 0.3 is 0 Å². The molecule has 0 N–H and O–H groups in total. The van der Waals surface area contributed by atoms with Crippen LogP contribution in [0.3, 0.4) is 0 Å². The Bertz CT molecular complexity index is 1140. The van der Waals surface area contributed by atoms with Gasteiger partial charge in [-0.05, 0) is 37.1 Å². The summed E-state index contributed by atoms with van der Waals surface area (Å²) in [7, 11) is 0. The third-order valence-electron chi connectivity index (χ3n) is 5.35. The molecule has 3 heterocycles. The summed E-state index contributed by atoms with van der Waals surface area (Å²) in [6.07, 6.45) is 2.13. The van der Waals surface area contributed by atoms with Crippen LogP contribution in [0.2, 0.25) is 0 Å². The summed E-state index contributed by atoms with van der Waals surface area (Å²) in [5, 5.41) is 3.18. The van der Waals surface area contributed by atoms with E-state index in [1.807, 2.05) is 35.2 Å². The second-order valence-corrected chi connectivity index (χ2v) is 9.39. The van der Waals surface area contributed by atoms with Crippen molar-refractivity contribution in [1.29, 1.82) is 0 Å². The zero-order valence-corrected chi connectivity index (χ0v) is 17.6. The molecule has 1 amide bonds. The molecule has 29 heavy (non-hydrogen) atoms. The molecule has 1 aliphatic heterocycles. The van der Waals surface area contributed by atoms with Crippen LogP contribution in [0.5, 0.6) is 0 Å². The number of hydrogen-bond acceptors (Lipinski definition) is 5. The van der Waals surface area contributed by atoms with Crippen LogP contribution >= 0.6 is 23.1 Å². The molecule has 0 radical (unpaired) electrons. The number of aromatic nitrogens is 2. The molecule has 2 aromatic carbocycles. The number of likely N-dealkylation sites (tertiary alicyclic amines) is 1. The van der Waals surface area contributed by atoms with Crippen molar-refractivity contribution in [3.05, 3.63) is 65.7 Å². The van der Waals surface area contributed by atoms with Crippen molar-refractivity contribution >= 4 is 50.1 Å². The molecule has 1 atom stereocenters. The molecule has 0 aliphatic carbocycles.